The van der Waals surface area contributed by atoms with E-state index < -0.39 is 0 Å². The van der Waals surface area contributed by atoms with Gasteiger partial charge in [0.1, 0.15) is 17.4 Å². The first-order valence-corrected chi connectivity index (χ1v) is 8.10. The first kappa shape index (κ1) is 14.3. The number of rotatable bonds is 6. The SMILES string of the molecule is CCCNc1cc(Oc2ccc(Br)cc2)nc(C2CC2)n1. The van der Waals surface area contributed by atoms with Gasteiger partial charge in [-0.15, -0.1) is 0 Å². The smallest absolute Gasteiger partial charge is 0.224 e. The van der Waals surface area contributed by atoms with Crippen LogP contribution in [0.5, 0.6) is 11.6 Å². The van der Waals surface area contributed by atoms with E-state index in [4.69, 9.17) is 4.74 Å². The number of benzene rings is 1. The van der Waals surface area contributed by atoms with Crippen LogP contribution in [0.25, 0.3) is 0 Å². The molecule has 1 fully saturated rings. The molecule has 1 aromatic heterocycles. The van der Waals surface area contributed by atoms with Gasteiger partial charge in [-0.3, -0.25) is 0 Å². The van der Waals surface area contributed by atoms with Crippen LogP contribution in [0.15, 0.2) is 34.8 Å². The van der Waals surface area contributed by atoms with Crippen LogP contribution in [-0.4, -0.2) is 16.5 Å². The monoisotopic (exact) mass is 347 g/mol. The quantitative estimate of drug-likeness (QED) is 0.820. The maximum absolute atomic E-state index is 5.86. The molecule has 0 amide bonds. The van der Waals surface area contributed by atoms with Crippen LogP contribution in [0.3, 0.4) is 0 Å². The van der Waals surface area contributed by atoms with Crippen molar-refractivity contribution in [1.29, 1.82) is 0 Å². The fourth-order valence-electron chi connectivity index (χ4n) is 1.99. The second-order valence-electron chi connectivity index (χ2n) is 5.21. The van der Waals surface area contributed by atoms with Gasteiger partial charge in [-0.05, 0) is 43.5 Å². The molecule has 0 bridgehead atoms. The van der Waals surface area contributed by atoms with E-state index in [0.29, 0.717) is 11.8 Å². The van der Waals surface area contributed by atoms with E-state index >= 15 is 0 Å². The topological polar surface area (TPSA) is 47.0 Å². The van der Waals surface area contributed by atoms with Gasteiger partial charge in [-0.2, -0.15) is 4.98 Å². The van der Waals surface area contributed by atoms with Crippen LogP contribution >= 0.6 is 15.9 Å². The van der Waals surface area contributed by atoms with Crippen molar-refractivity contribution in [1.82, 2.24) is 9.97 Å². The maximum atomic E-state index is 5.86. The summed E-state index contributed by atoms with van der Waals surface area (Å²) in [6.45, 7) is 3.04. The molecule has 0 unspecified atom stereocenters. The van der Waals surface area contributed by atoms with Gasteiger partial charge in [0.2, 0.25) is 5.88 Å². The number of hydrogen-bond acceptors (Lipinski definition) is 4. The third kappa shape index (κ3) is 3.94. The Balaban J connectivity index is 1.82. The number of hydrogen-bond donors (Lipinski definition) is 1. The van der Waals surface area contributed by atoms with Crippen molar-refractivity contribution in [3.63, 3.8) is 0 Å². The van der Waals surface area contributed by atoms with Gasteiger partial charge in [0.05, 0.1) is 0 Å². The van der Waals surface area contributed by atoms with Crippen molar-refractivity contribution in [2.24, 2.45) is 0 Å². The molecule has 1 heterocycles. The molecular weight excluding hydrogens is 330 g/mol. The molecule has 1 aliphatic rings. The van der Waals surface area contributed by atoms with Gasteiger partial charge in [0, 0.05) is 23.0 Å². The zero-order chi connectivity index (χ0) is 14.7. The van der Waals surface area contributed by atoms with Gasteiger partial charge in [0.25, 0.3) is 0 Å². The van der Waals surface area contributed by atoms with E-state index in [1.165, 1.54) is 12.8 Å². The molecule has 0 aliphatic heterocycles. The number of ether oxygens (including phenoxy) is 1. The molecule has 0 spiro atoms. The maximum Gasteiger partial charge on any atom is 0.224 e. The highest BCUT2D eigenvalue weighted by Crippen LogP contribution is 2.39. The van der Waals surface area contributed by atoms with Crippen molar-refractivity contribution in [3.8, 4) is 11.6 Å². The molecule has 5 heteroatoms. The second kappa shape index (κ2) is 6.43. The fraction of sp³-hybridized carbons (Fsp3) is 0.375. The van der Waals surface area contributed by atoms with Crippen molar-refractivity contribution in [2.45, 2.75) is 32.1 Å². The van der Waals surface area contributed by atoms with Gasteiger partial charge in [0.15, 0.2) is 0 Å². The molecule has 1 N–H and O–H groups in total. The van der Waals surface area contributed by atoms with Gasteiger partial charge < -0.3 is 10.1 Å². The van der Waals surface area contributed by atoms with Crippen LogP contribution in [0.4, 0.5) is 5.82 Å². The summed E-state index contributed by atoms with van der Waals surface area (Å²) in [5, 5.41) is 3.31. The first-order chi connectivity index (χ1) is 10.2. The molecule has 0 radical (unpaired) electrons. The fourth-order valence-corrected chi connectivity index (χ4v) is 2.25. The highest BCUT2D eigenvalue weighted by atomic mass is 79.9. The van der Waals surface area contributed by atoms with E-state index in [1.54, 1.807) is 0 Å². The zero-order valence-electron chi connectivity index (χ0n) is 12.0. The average Bonchev–Trinajstić information content (AvgIpc) is 3.32. The molecule has 1 aliphatic carbocycles. The zero-order valence-corrected chi connectivity index (χ0v) is 13.6. The third-order valence-corrected chi connectivity index (χ3v) is 3.78. The third-order valence-electron chi connectivity index (χ3n) is 3.25. The van der Waals surface area contributed by atoms with Crippen molar-refractivity contribution in [2.75, 3.05) is 11.9 Å². The predicted octanol–water partition coefficient (Wildman–Crippen LogP) is 4.73. The lowest BCUT2D eigenvalue weighted by molar-refractivity contribution is 0.459. The summed E-state index contributed by atoms with van der Waals surface area (Å²) in [7, 11) is 0. The molecule has 2 aromatic rings. The van der Waals surface area contributed by atoms with Crippen LogP contribution in [0.2, 0.25) is 0 Å². The number of nitrogens with one attached hydrogen (secondary N) is 1. The largest absolute Gasteiger partial charge is 0.439 e. The summed E-state index contributed by atoms with van der Waals surface area (Å²) in [5.74, 6) is 3.62. The Kier molecular flexibility index (Phi) is 4.39. The van der Waals surface area contributed by atoms with Gasteiger partial charge in [-0.1, -0.05) is 22.9 Å². The number of nitrogens with zero attached hydrogens (tertiary/aromatic N) is 2. The van der Waals surface area contributed by atoms with Crippen LogP contribution < -0.4 is 10.1 Å². The lowest BCUT2D eigenvalue weighted by Gasteiger charge is -2.10. The van der Waals surface area contributed by atoms with Crippen LogP contribution in [0.1, 0.15) is 37.9 Å². The summed E-state index contributed by atoms with van der Waals surface area (Å²) >= 11 is 3.42. The number of aromatic nitrogens is 2. The summed E-state index contributed by atoms with van der Waals surface area (Å²) in [5.41, 5.74) is 0. The Morgan fingerprint density at radius 2 is 2.00 bits per heavy atom. The Morgan fingerprint density at radius 1 is 1.24 bits per heavy atom. The number of halogens is 1. The van der Waals surface area contributed by atoms with E-state index in [0.717, 1.165) is 34.8 Å². The molecule has 3 rings (SSSR count). The van der Waals surface area contributed by atoms with E-state index in [1.807, 2.05) is 30.3 Å². The summed E-state index contributed by atoms with van der Waals surface area (Å²) < 4.78 is 6.89. The summed E-state index contributed by atoms with van der Waals surface area (Å²) in [4.78, 5) is 9.12. The molecule has 1 aromatic carbocycles. The Labute approximate surface area is 133 Å². The minimum atomic E-state index is 0.501. The molecule has 1 saturated carbocycles. The highest BCUT2D eigenvalue weighted by molar-refractivity contribution is 9.10. The van der Waals surface area contributed by atoms with Gasteiger partial charge >= 0.3 is 0 Å². The summed E-state index contributed by atoms with van der Waals surface area (Å²) in [6.07, 6.45) is 3.41. The van der Waals surface area contributed by atoms with Crippen LogP contribution in [0, 0.1) is 0 Å². The van der Waals surface area contributed by atoms with E-state index in [-0.39, 0.29) is 0 Å². The first-order valence-electron chi connectivity index (χ1n) is 7.31. The molecule has 110 valence electrons. The second-order valence-corrected chi connectivity index (χ2v) is 6.12. The molecule has 0 saturated heterocycles. The molecule has 21 heavy (non-hydrogen) atoms. The lowest BCUT2D eigenvalue weighted by atomic mass is 10.3. The lowest BCUT2D eigenvalue weighted by Crippen LogP contribution is -2.05. The molecule has 0 atom stereocenters. The summed E-state index contributed by atoms with van der Waals surface area (Å²) in [6, 6.07) is 9.61. The minimum Gasteiger partial charge on any atom is -0.439 e. The minimum absolute atomic E-state index is 0.501. The normalized spacial score (nSPS) is 14.0. The molecule has 4 nitrogen and oxygen atoms in total. The van der Waals surface area contributed by atoms with E-state index in [9.17, 15) is 0 Å². The van der Waals surface area contributed by atoms with Gasteiger partial charge in [-0.25, -0.2) is 4.98 Å². The Hall–Kier alpha value is -1.62. The van der Waals surface area contributed by atoms with Crippen molar-refractivity contribution in [3.05, 3.63) is 40.6 Å². The van der Waals surface area contributed by atoms with Crippen molar-refractivity contribution < 1.29 is 4.74 Å². The molecular formula is C16H18BrN3O. The highest BCUT2D eigenvalue weighted by Gasteiger charge is 2.27. The standard InChI is InChI=1S/C16H18BrN3O/c1-2-9-18-14-10-15(20-16(19-14)11-3-4-11)21-13-7-5-12(17)6-8-13/h5-8,10-11H,2-4,9H2,1H3,(H,18,19,20). The Morgan fingerprint density at radius 3 is 2.67 bits per heavy atom. The Bertz CT molecular complexity index is 611. The van der Waals surface area contributed by atoms with E-state index in [2.05, 4.69) is 38.1 Å². The number of anilines is 1. The predicted molar refractivity (Wildman–Crippen MR) is 87.0 cm³/mol. The van der Waals surface area contributed by atoms with Crippen LogP contribution in [-0.2, 0) is 0 Å². The van der Waals surface area contributed by atoms with Crippen molar-refractivity contribution >= 4 is 21.7 Å². The average molecular weight is 348 g/mol.